The Labute approximate surface area is 371 Å². The predicted octanol–water partition coefficient (Wildman–Crippen LogP) is 7.47. The molecule has 0 unspecified atom stereocenters. The van der Waals surface area contributed by atoms with Gasteiger partial charge in [0, 0.05) is 96.7 Å². The van der Waals surface area contributed by atoms with Crippen molar-refractivity contribution >= 4 is 53.3 Å². The van der Waals surface area contributed by atoms with Gasteiger partial charge in [-0.15, -0.1) is 0 Å². The number of ether oxygens (including phenoxy) is 1. The summed E-state index contributed by atoms with van der Waals surface area (Å²) in [5.41, 5.74) is 4.58. The number of fused-ring (bicyclic) bond motifs is 2. The normalized spacial score (nSPS) is 17.3. The van der Waals surface area contributed by atoms with Crippen molar-refractivity contribution in [3.8, 4) is 22.3 Å². The van der Waals surface area contributed by atoms with Crippen LogP contribution in [-0.2, 0) is 32.1 Å². The van der Waals surface area contributed by atoms with Crippen molar-refractivity contribution in [1.82, 2.24) is 48.9 Å². The van der Waals surface area contributed by atoms with Gasteiger partial charge in [0.15, 0.2) is 11.1 Å². The van der Waals surface area contributed by atoms with Gasteiger partial charge in [-0.05, 0) is 43.9 Å². The molecule has 2 saturated carbocycles. The Morgan fingerprint density at radius 2 is 1.30 bits per heavy atom. The number of aromatic amines is 1. The summed E-state index contributed by atoms with van der Waals surface area (Å²) in [6.45, 7) is 40.7. The standard InChI is InChI=1S/C26H31N7O2Si.C20H17N7O/c1-27-15-26(16-32(17-26)25(34)19-6-7-19)33-14-20(12-30-33)23-21-8-9-31(18-35-10-11-36(3,4)5)24(21)29-13-22(23)28-2;1-21-10-20(11-26(12-20)19(28)13-3-4-13)27-9-14(7-25-27)17-15-5-6-23-18(15)24-8-16(17)22-2/h8-9,12-14,19H,6-7,10-11,15-18H2,3-5H3;5-9,13H,3-4,10-12H2,(H,23,24). The topological polar surface area (TPSA) is 149 Å². The molecule has 4 fully saturated rings. The van der Waals surface area contributed by atoms with Gasteiger partial charge in [-0.2, -0.15) is 10.2 Å². The summed E-state index contributed by atoms with van der Waals surface area (Å²) >= 11 is 0. The molecule has 18 heteroatoms. The number of nitrogens with one attached hydrogen (secondary N) is 1. The zero-order valence-electron chi connectivity index (χ0n) is 36.2. The summed E-state index contributed by atoms with van der Waals surface area (Å²) < 4.78 is 11.5. The van der Waals surface area contributed by atoms with E-state index in [0.717, 1.165) is 82.7 Å². The molecule has 324 valence electrons. The minimum atomic E-state index is -1.16. The van der Waals surface area contributed by atoms with E-state index in [-0.39, 0.29) is 36.7 Å². The highest BCUT2D eigenvalue weighted by molar-refractivity contribution is 6.76. The highest BCUT2D eigenvalue weighted by Crippen LogP contribution is 2.42. The molecule has 8 heterocycles. The summed E-state index contributed by atoms with van der Waals surface area (Å²) in [7, 11) is -1.16. The number of amides is 2. The summed E-state index contributed by atoms with van der Waals surface area (Å²) in [5, 5.41) is 10.9. The number of pyridine rings is 2. The molecule has 2 saturated heterocycles. The molecule has 0 spiro atoms. The molecule has 64 heavy (non-hydrogen) atoms. The Morgan fingerprint density at radius 1 is 0.766 bits per heavy atom. The lowest BCUT2D eigenvalue weighted by molar-refractivity contribution is -0.143. The van der Waals surface area contributed by atoms with Crippen molar-refractivity contribution in [2.45, 2.75) is 69.2 Å². The van der Waals surface area contributed by atoms with Gasteiger partial charge in [0.1, 0.15) is 18.0 Å². The van der Waals surface area contributed by atoms with E-state index >= 15 is 0 Å². The van der Waals surface area contributed by atoms with Gasteiger partial charge in [0.25, 0.3) is 0 Å². The van der Waals surface area contributed by atoms with Crippen molar-refractivity contribution in [2.75, 3.05) is 45.9 Å². The van der Waals surface area contributed by atoms with E-state index in [9.17, 15) is 9.59 Å². The number of likely N-dealkylation sites (tertiary alicyclic amines) is 2. The third-order valence-corrected chi connectivity index (χ3v) is 14.4. The smallest absolute Gasteiger partial charge is 0.243 e. The number of aromatic nitrogens is 8. The Morgan fingerprint density at radius 3 is 1.80 bits per heavy atom. The fourth-order valence-corrected chi connectivity index (χ4v) is 9.47. The van der Waals surface area contributed by atoms with Crippen LogP contribution in [-0.4, -0.2) is 115 Å². The Hall–Kier alpha value is -7.12. The van der Waals surface area contributed by atoms with E-state index in [1.165, 1.54) is 0 Å². The molecule has 0 atom stereocenters. The van der Waals surface area contributed by atoms with Gasteiger partial charge < -0.3 is 33.8 Å². The molecule has 2 aliphatic carbocycles. The number of carbonyl (C=O) groups excluding carboxylic acids is 2. The zero-order chi connectivity index (χ0) is 44.8. The van der Waals surface area contributed by atoms with E-state index in [2.05, 4.69) is 64.2 Å². The number of carbonyl (C=O) groups is 2. The number of hydrogen-bond donors (Lipinski definition) is 1. The first-order valence-corrected chi connectivity index (χ1v) is 25.2. The molecule has 2 amide bonds. The molecule has 4 aliphatic rings. The van der Waals surface area contributed by atoms with Crippen molar-refractivity contribution in [2.24, 2.45) is 11.8 Å². The fraction of sp³-hybridized carbons (Fsp3) is 0.435. The molecular weight excluding hydrogens is 825 g/mol. The third-order valence-electron chi connectivity index (χ3n) is 12.7. The first-order chi connectivity index (χ1) is 30.9. The lowest BCUT2D eigenvalue weighted by Gasteiger charge is -2.47. The van der Waals surface area contributed by atoms with Crippen molar-refractivity contribution in [3.05, 3.63) is 107 Å². The molecule has 0 aromatic carbocycles. The summed E-state index contributed by atoms with van der Waals surface area (Å²) in [4.78, 5) is 55.0. The molecule has 2 aliphatic heterocycles. The van der Waals surface area contributed by atoms with Crippen LogP contribution in [0.15, 0.2) is 61.7 Å². The minimum Gasteiger partial charge on any atom is -0.361 e. The average Bonchev–Trinajstić information content (AvgIpc) is 4.05. The van der Waals surface area contributed by atoms with Gasteiger partial charge >= 0.3 is 0 Å². The molecule has 6 aromatic rings. The molecule has 0 bridgehead atoms. The van der Waals surface area contributed by atoms with Crippen LogP contribution in [0.3, 0.4) is 0 Å². The highest BCUT2D eigenvalue weighted by Gasteiger charge is 2.54. The predicted molar refractivity (Wildman–Crippen MR) is 242 cm³/mol. The van der Waals surface area contributed by atoms with Crippen molar-refractivity contribution in [1.29, 1.82) is 0 Å². The molecule has 1 N–H and O–H groups in total. The van der Waals surface area contributed by atoms with Crippen LogP contribution in [0.25, 0.3) is 63.7 Å². The lowest BCUT2D eigenvalue weighted by atomic mass is 9.89. The van der Waals surface area contributed by atoms with E-state index in [4.69, 9.17) is 31.0 Å². The van der Waals surface area contributed by atoms with Crippen LogP contribution in [0.2, 0.25) is 25.7 Å². The quantitative estimate of drug-likeness (QED) is 0.0719. The highest BCUT2D eigenvalue weighted by atomic mass is 28.3. The monoisotopic (exact) mass is 872 g/mol. The second-order valence-corrected chi connectivity index (χ2v) is 24.4. The first kappa shape index (κ1) is 42.2. The number of H-pyrrole nitrogens is 1. The second-order valence-electron chi connectivity index (χ2n) is 18.7. The third kappa shape index (κ3) is 7.91. The van der Waals surface area contributed by atoms with E-state index in [0.29, 0.717) is 44.3 Å². The zero-order valence-corrected chi connectivity index (χ0v) is 37.2. The van der Waals surface area contributed by atoms with Gasteiger partial charge in [-0.25, -0.2) is 27.8 Å². The van der Waals surface area contributed by atoms with Gasteiger partial charge in [-0.1, -0.05) is 19.6 Å². The molecule has 10 rings (SSSR count). The van der Waals surface area contributed by atoms with E-state index < -0.39 is 19.2 Å². The molecular formula is C46H48N14O3Si. The Balaban J connectivity index is 0.000000167. The Kier molecular flexibility index (Phi) is 10.9. The Bertz CT molecular complexity index is 2940. The summed E-state index contributed by atoms with van der Waals surface area (Å²) in [6.07, 6.45) is 18.1. The summed E-state index contributed by atoms with van der Waals surface area (Å²) in [5.74, 6) is 0.743. The second kappa shape index (κ2) is 16.5. The maximum atomic E-state index is 12.5. The number of hydrogen-bond acceptors (Lipinski definition) is 7. The minimum absolute atomic E-state index is 0.166. The van der Waals surface area contributed by atoms with Crippen molar-refractivity contribution < 1.29 is 14.3 Å². The summed E-state index contributed by atoms with van der Waals surface area (Å²) in [6, 6.07) is 4.97. The van der Waals surface area contributed by atoms with E-state index in [1.54, 1.807) is 31.0 Å². The lowest BCUT2D eigenvalue weighted by Crippen LogP contribution is -2.66. The molecule has 17 nitrogen and oxygen atoms in total. The number of rotatable bonds is 13. The maximum Gasteiger partial charge on any atom is 0.243 e. The van der Waals surface area contributed by atoms with Crippen LogP contribution < -0.4 is 0 Å². The van der Waals surface area contributed by atoms with Crippen LogP contribution in [0.5, 0.6) is 0 Å². The van der Waals surface area contributed by atoms with Gasteiger partial charge in [0.2, 0.25) is 36.3 Å². The van der Waals surface area contributed by atoms with Crippen LogP contribution in [0, 0.1) is 38.1 Å². The van der Waals surface area contributed by atoms with E-state index in [1.807, 2.05) is 54.5 Å². The average molecular weight is 873 g/mol. The van der Waals surface area contributed by atoms with Gasteiger partial charge in [-0.3, -0.25) is 23.9 Å². The number of nitrogens with zero attached hydrogens (tertiary/aromatic N) is 13. The first-order valence-electron chi connectivity index (χ1n) is 21.5. The van der Waals surface area contributed by atoms with Gasteiger partial charge in [0.05, 0.1) is 51.7 Å². The fourth-order valence-electron chi connectivity index (χ4n) is 8.72. The van der Waals surface area contributed by atoms with Crippen LogP contribution in [0.1, 0.15) is 25.7 Å². The SMILES string of the molecule is [C-]#[N+]CC1(n2cc(-c3c([N+]#[C-])cnc4[nH]ccc34)cn2)CN(C(=O)C2CC2)C1.[C-]#[N+]CC1(n2cc(-c3c([N+]#[C-])cnc4c3ccn4COCC[Si](C)(C)C)cn2)CN(C(=O)C2CC2)C1. The van der Waals surface area contributed by atoms with Crippen molar-refractivity contribution in [3.63, 3.8) is 0 Å². The molecule has 6 aromatic heterocycles. The molecule has 0 radical (unpaired) electrons. The maximum absolute atomic E-state index is 12.5. The largest absolute Gasteiger partial charge is 0.361 e. The van der Waals surface area contributed by atoms with Crippen LogP contribution in [0.4, 0.5) is 11.4 Å². The van der Waals surface area contributed by atoms with Crippen LogP contribution >= 0.6 is 0 Å².